The summed E-state index contributed by atoms with van der Waals surface area (Å²) >= 11 is 0. The van der Waals surface area contributed by atoms with Gasteiger partial charge in [0.05, 0.1) is 0 Å². The maximum atomic E-state index is 11.0. The van der Waals surface area contributed by atoms with Crippen LogP contribution in [0.5, 0.6) is 0 Å². The van der Waals surface area contributed by atoms with Crippen LogP contribution in [-0.4, -0.2) is 30.9 Å². The fourth-order valence-corrected chi connectivity index (χ4v) is 0.594. The van der Waals surface area contributed by atoms with Gasteiger partial charge in [0.2, 0.25) is 0 Å². The molecule has 0 saturated carbocycles. The van der Waals surface area contributed by atoms with E-state index in [0.29, 0.717) is 0 Å². The first-order chi connectivity index (χ1) is 6.35. The summed E-state index contributed by atoms with van der Waals surface area (Å²) in [5, 5.41) is 5.41. The van der Waals surface area contributed by atoms with Gasteiger partial charge in [-0.25, -0.2) is 10.2 Å². The van der Waals surface area contributed by atoms with E-state index >= 15 is 0 Å². The van der Waals surface area contributed by atoms with Gasteiger partial charge in [-0.05, 0) is 20.8 Å². The molecule has 0 aromatic rings. The minimum absolute atomic E-state index is 0.187. The summed E-state index contributed by atoms with van der Waals surface area (Å²) in [7, 11) is 0. The normalized spacial score (nSPS) is 10.2. The van der Waals surface area contributed by atoms with Gasteiger partial charge >= 0.3 is 6.09 Å². The summed E-state index contributed by atoms with van der Waals surface area (Å²) < 4.78 is 4.89. The number of nitrogens with zero attached hydrogens (tertiary/aromatic N) is 1. The molecule has 0 atom stereocenters. The maximum Gasteiger partial charge on any atom is 0.408 e. The fourth-order valence-electron chi connectivity index (χ4n) is 0.594. The van der Waals surface area contributed by atoms with Crippen molar-refractivity contribution in [3.63, 3.8) is 0 Å². The highest BCUT2D eigenvalue weighted by Gasteiger charge is 2.16. The van der Waals surface area contributed by atoms with Gasteiger partial charge in [0.1, 0.15) is 12.1 Å². The largest absolute Gasteiger partial charge is 0.444 e. The molecule has 2 N–H and O–H groups in total. The van der Waals surface area contributed by atoms with Crippen molar-refractivity contribution in [1.82, 2.24) is 10.7 Å². The quantitative estimate of drug-likeness (QED) is 0.507. The molecule has 0 aliphatic rings. The number of nitrogens with one attached hydrogen (secondary N) is 2. The first-order valence-corrected chi connectivity index (χ1v) is 4.06. The van der Waals surface area contributed by atoms with Gasteiger partial charge in [0.15, 0.2) is 0 Å². The number of ether oxygens (including phenoxy) is 1. The topological polar surface area (TPSA) is 79.8 Å². The molecule has 0 radical (unpaired) electrons. The molecule has 14 heavy (non-hydrogen) atoms. The first-order valence-electron chi connectivity index (χ1n) is 4.06. The van der Waals surface area contributed by atoms with Gasteiger partial charge in [-0.3, -0.25) is 4.79 Å². The Morgan fingerprint density at radius 3 is 2.43 bits per heavy atom. The Bertz CT molecular complexity index is 232. The zero-order valence-corrected chi connectivity index (χ0v) is 8.59. The summed E-state index contributed by atoms with van der Waals surface area (Å²) in [6, 6.07) is 0. The Balaban J connectivity index is 3.75. The Kier molecular flexibility index (Phi) is 4.62. The summed E-state index contributed by atoms with van der Waals surface area (Å²) in [5.41, 5.74) is 1.50. The average molecular weight is 201 g/mol. The number of amides is 2. The summed E-state index contributed by atoms with van der Waals surface area (Å²) in [6.07, 6.45) is -0.642. The van der Waals surface area contributed by atoms with E-state index in [1.165, 1.54) is 0 Å². The smallest absolute Gasteiger partial charge is 0.408 e. The third-order valence-electron chi connectivity index (χ3n) is 0.996. The van der Waals surface area contributed by atoms with Crippen molar-refractivity contribution in [3.8, 4) is 0 Å². The van der Waals surface area contributed by atoms with Crippen molar-refractivity contribution in [2.75, 3.05) is 6.54 Å². The standard InChI is InChI=1S/C8H15N3O3/c1-8(2,3)14-7(13)10-5-6(12)11-9-4/h4-5H2,1-3H3,(H,10,13)(H,11,12). The highest BCUT2D eigenvalue weighted by atomic mass is 16.6. The van der Waals surface area contributed by atoms with Crippen LogP contribution in [0.15, 0.2) is 5.10 Å². The van der Waals surface area contributed by atoms with Gasteiger partial charge < -0.3 is 10.1 Å². The Labute approximate surface area is 82.7 Å². The Hall–Kier alpha value is -1.59. The van der Waals surface area contributed by atoms with Crippen LogP contribution in [0.25, 0.3) is 0 Å². The number of carbonyl (C=O) groups excluding carboxylic acids is 2. The van der Waals surface area contributed by atoms with E-state index in [0.717, 1.165) is 0 Å². The minimum Gasteiger partial charge on any atom is -0.444 e. The molecule has 0 aliphatic carbocycles. The van der Waals surface area contributed by atoms with E-state index in [1.807, 2.05) is 0 Å². The van der Waals surface area contributed by atoms with Crippen molar-refractivity contribution >= 4 is 18.7 Å². The van der Waals surface area contributed by atoms with Crippen molar-refractivity contribution in [2.24, 2.45) is 5.10 Å². The van der Waals surface area contributed by atoms with E-state index in [9.17, 15) is 9.59 Å². The third kappa shape index (κ3) is 7.08. The number of hydrazone groups is 1. The fraction of sp³-hybridized carbons (Fsp3) is 0.625. The molecule has 0 saturated heterocycles. The molecule has 0 fully saturated rings. The van der Waals surface area contributed by atoms with Crippen LogP contribution < -0.4 is 10.7 Å². The molecule has 0 spiro atoms. The highest BCUT2D eigenvalue weighted by Crippen LogP contribution is 2.05. The molecule has 2 amide bonds. The van der Waals surface area contributed by atoms with Crippen LogP contribution in [-0.2, 0) is 9.53 Å². The van der Waals surface area contributed by atoms with E-state index in [1.54, 1.807) is 20.8 Å². The van der Waals surface area contributed by atoms with Crippen LogP contribution in [0.4, 0.5) is 4.79 Å². The van der Waals surface area contributed by atoms with E-state index < -0.39 is 17.6 Å². The molecule has 0 rings (SSSR count). The lowest BCUT2D eigenvalue weighted by molar-refractivity contribution is -0.120. The number of alkyl carbamates (subject to hydrolysis) is 1. The molecule has 0 aromatic heterocycles. The SMILES string of the molecule is C=NNC(=O)CNC(=O)OC(C)(C)C. The molecular weight excluding hydrogens is 186 g/mol. The zero-order valence-electron chi connectivity index (χ0n) is 8.59. The number of hydrogen-bond donors (Lipinski definition) is 2. The molecule has 0 bridgehead atoms. The van der Waals surface area contributed by atoms with Gasteiger partial charge in [-0.2, -0.15) is 5.10 Å². The first kappa shape index (κ1) is 12.4. The second-order valence-electron chi connectivity index (χ2n) is 3.55. The monoisotopic (exact) mass is 201 g/mol. The number of carbonyl (C=O) groups is 2. The van der Waals surface area contributed by atoms with Crippen molar-refractivity contribution in [3.05, 3.63) is 0 Å². The van der Waals surface area contributed by atoms with Crippen molar-refractivity contribution in [1.29, 1.82) is 0 Å². The van der Waals surface area contributed by atoms with Crippen LogP contribution in [0.3, 0.4) is 0 Å². The predicted octanol–water partition coefficient (Wildman–Crippen LogP) is 0.243. The summed E-state index contributed by atoms with van der Waals surface area (Å²) in [5.74, 6) is -0.453. The second kappa shape index (κ2) is 5.21. The summed E-state index contributed by atoms with van der Waals surface area (Å²) in [4.78, 5) is 21.8. The van der Waals surface area contributed by atoms with Gasteiger partial charge in [-0.1, -0.05) is 0 Å². The Morgan fingerprint density at radius 2 is 2.00 bits per heavy atom. The third-order valence-corrected chi connectivity index (χ3v) is 0.996. The lowest BCUT2D eigenvalue weighted by Crippen LogP contribution is -2.38. The Morgan fingerprint density at radius 1 is 1.43 bits per heavy atom. The molecular formula is C8H15N3O3. The van der Waals surface area contributed by atoms with Crippen LogP contribution in [0.1, 0.15) is 20.8 Å². The zero-order chi connectivity index (χ0) is 11.2. The van der Waals surface area contributed by atoms with E-state index in [2.05, 4.69) is 22.6 Å². The van der Waals surface area contributed by atoms with E-state index in [4.69, 9.17) is 4.74 Å². The van der Waals surface area contributed by atoms with Crippen molar-refractivity contribution in [2.45, 2.75) is 26.4 Å². The molecule has 0 heterocycles. The maximum absolute atomic E-state index is 11.0. The van der Waals surface area contributed by atoms with Gasteiger partial charge in [0.25, 0.3) is 5.91 Å². The number of hydrogen-bond acceptors (Lipinski definition) is 4. The molecule has 6 heteroatoms. The predicted molar refractivity (Wildman–Crippen MR) is 51.9 cm³/mol. The highest BCUT2D eigenvalue weighted by molar-refractivity contribution is 5.82. The van der Waals surface area contributed by atoms with Crippen LogP contribution in [0, 0.1) is 0 Å². The van der Waals surface area contributed by atoms with Crippen LogP contribution >= 0.6 is 0 Å². The van der Waals surface area contributed by atoms with E-state index in [-0.39, 0.29) is 6.54 Å². The van der Waals surface area contributed by atoms with Gasteiger partial charge in [-0.15, -0.1) is 0 Å². The van der Waals surface area contributed by atoms with Crippen molar-refractivity contribution < 1.29 is 14.3 Å². The molecule has 0 unspecified atom stereocenters. The molecule has 0 aliphatic heterocycles. The average Bonchev–Trinajstić information content (AvgIpc) is 1.98. The van der Waals surface area contributed by atoms with Gasteiger partial charge in [0, 0.05) is 6.72 Å². The lowest BCUT2D eigenvalue weighted by Gasteiger charge is -2.19. The van der Waals surface area contributed by atoms with Crippen LogP contribution in [0.2, 0.25) is 0 Å². The second-order valence-corrected chi connectivity index (χ2v) is 3.55. The molecule has 0 aromatic carbocycles. The minimum atomic E-state index is -0.642. The molecule has 80 valence electrons. The summed E-state index contributed by atoms with van der Waals surface area (Å²) in [6.45, 7) is 8.08. The lowest BCUT2D eigenvalue weighted by atomic mass is 10.2. The molecule has 6 nitrogen and oxygen atoms in total. The number of rotatable bonds is 3.